The second-order valence-corrected chi connectivity index (χ2v) is 11.7. The standard InChI is InChI=1S/C20H22N10O7S3/c21-19-23-14(26-40-19)11(25-37-9-3-1-2-4-9)15(33)22-12-16(34)30-13(18(35)36)8(6-38-17(12)30)7-39-20-24-27-28-29(20)5-10(31)32/h9,12,17H,1-7H2,(H,22,33)(H,31,32)(H,35,36)(H2,21,23,26)/t12?,17-/m0/s1. The number of β-lactam (4-membered cyclic amide) rings is 1. The smallest absolute Gasteiger partial charge is 0.352 e. The van der Waals surface area contributed by atoms with Crippen molar-refractivity contribution in [1.82, 2.24) is 39.8 Å². The summed E-state index contributed by atoms with van der Waals surface area (Å²) in [6, 6.07) is -1.02. The van der Waals surface area contributed by atoms with Gasteiger partial charge in [-0.05, 0) is 41.7 Å². The first-order chi connectivity index (χ1) is 19.2. The molecule has 20 heteroatoms. The Kier molecular flexibility index (Phi) is 8.17. The summed E-state index contributed by atoms with van der Waals surface area (Å²) < 4.78 is 5.12. The molecule has 2 aromatic heterocycles. The van der Waals surface area contributed by atoms with E-state index in [1.165, 1.54) is 11.8 Å². The molecule has 2 fully saturated rings. The average Bonchev–Trinajstić information content (AvgIpc) is 3.68. The molecule has 17 nitrogen and oxygen atoms in total. The van der Waals surface area contributed by atoms with Crippen molar-refractivity contribution in [1.29, 1.82) is 0 Å². The van der Waals surface area contributed by atoms with Crippen LogP contribution in [0.3, 0.4) is 0 Å². The second-order valence-electron chi connectivity index (χ2n) is 8.83. The minimum atomic E-state index is -1.31. The van der Waals surface area contributed by atoms with Crippen molar-refractivity contribution >= 4 is 69.7 Å². The number of fused-ring (bicyclic) bond motifs is 1. The zero-order valence-electron chi connectivity index (χ0n) is 20.5. The monoisotopic (exact) mass is 610 g/mol. The third-order valence-electron chi connectivity index (χ3n) is 6.16. The summed E-state index contributed by atoms with van der Waals surface area (Å²) in [5.41, 5.74) is 5.68. The van der Waals surface area contributed by atoms with Crippen LogP contribution in [-0.4, -0.2) is 103 Å². The molecular weight excluding hydrogens is 588 g/mol. The highest BCUT2D eigenvalue weighted by Gasteiger charge is 2.54. The maximum absolute atomic E-state index is 13.2. The molecule has 0 bridgehead atoms. The normalized spacial score (nSPS) is 21.2. The number of tetrazole rings is 1. The van der Waals surface area contributed by atoms with E-state index in [0.29, 0.717) is 5.57 Å². The Bertz CT molecular complexity index is 1400. The third kappa shape index (κ3) is 5.72. The van der Waals surface area contributed by atoms with Gasteiger partial charge in [0.1, 0.15) is 29.8 Å². The molecule has 0 aromatic carbocycles. The fourth-order valence-electron chi connectivity index (χ4n) is 4.32. The van der Waals surface area contributed by atoms with Crippen LogP contribution in [-0.2, 0) is 30.6 Å². The molecule has 2 atom stereocenters. The highest BCUT2D eigenvalue weighted by Crippen LogP contribution is 2.41. The number of thioether (sulfide) groups is 2. The predicted octanol–water partition coefficient (Wildman–Crippen LogP) is -0.614. The number of rotatable bonds is 11. The number of nitrogen functional groups attached to an aromatic ring is 1. The van der Waals surface area contributed by atoms with Crippen molar-refractivity contribution in [3.05, 3.63) is 17.1 Å². The Morgan fingerprint density at radius 1 is 1.25 bits per heavy atom. The van der Waals surface area contributed by atoms with E-state index in [0.717, 1.165) is 58.6 Å². The van der Waals surface area contributed by atoms with Crippen LogP contribution in [0.1, 0.15) is 31.5 Å². The van der Waals surface area contributed by atoms with Gasteiger partial charge in [0, 0.05) is 23.0 Å². The Morgan fingerprint density at radius 3 is 2.70 bits per heavy atom. The first kappa shape index (κ1) is 27.8. The first-order valence-electron chi connectivity index (χ1n) is 11.9. The third-order valence-corrected chi connectivity index (χ3v) is 9.09. The number of oxime groups is 1. The number of carboxylic acids is 2. The summed E-state index contributed by atoms with van der Waals surface area (Å²) in [4.78, 5) is 60.1. The van der Waals surface area contributed by atoms with E-state index in [2.05, 4.69) is 35.4 Å². The summed E-state index contributed by atoms with van der Waals surface area (Å²) in [6.07, 6.45) is 3.46. The highest BCUT2D eigenvalue weighted by atomic mass is 32.2. The molecule has 2 aromatic rings. The van der Waals surface area contributed by atoms with Crippen LogP contribution in [0.5, 0.6) is 0 Å². The lowest BCUT2D eigenvalue weighted by molar-refractivity contribution is -0.150. The Hall–Kier alpha value is -3.78. The van der Waals surface area contributed by atoms with Gasteiger partial charge in [0.2, 0.25) is 16.7 Å². The molecule has 0 radical (unpaired) electrons. The van der Waals surface area contributed by atoms with Crippen LogP contribution in [0.15, 0.2) is 21.6 Å². The molecule has 1 saturated carbocycles. The number of nitrogens with two attached hydrogens (primary N) is 1. The molecule has 2 aliphatic heterocycles. The van der Waals surface area contributed by atoms with Crippen molar-refractivity contribution in [3.63, 3.8) is 0 Å². The van der Waals surface area contributed by atoms with Crippen LogP contribution in [0.25, 0.3) is 0 Å². The molecule has 4 heterocycles. The predicted molar refractivity (Wildman–Crippen MR) is 140 cm³/mol. The van der Waals surface area contributed by atoms with E-state index in [-0.39, 0.29) is 45.1 Å². The summed E-state index contributed by atoms with van der Waals surface area (Å²) in [5.74, 6) is -3.49. The maximum atomic E-state index is 13.2. The number of hydrogen-bond acceptors (Lipinski definition) is 15. The zero-order chi connectivity index (χ0) is 28.4. The van der Waals surface area contributed by atoms with Gasteiger partial charge in [0.25, 0.3) is 11.8 Å². The zero-order valence-corrected chi connectivity index (χ0v) is 22.9. The largest absolute Gasteiger partial charge is 0.480 e. The lowest BCUT2D eigenvalue weighted by atomic mass is 10.0. The van der Waals surface area contributed by atoms with E-state index >= 15 is 0 Å². The molecule has 5 rings (SSSR count). The lowest BCUT2D eigenvalue weighted by Crippen LogP contribution is -2.71. The van der Waals surface area contributed by atoms with Crippen LogP contribution in [0.4, 0.5) is 5.13 Å². The summed E-state index contributed by atoms with van der Waals surface area (Å²) >= 11 is 3.21. The van der Waals surface area contributed by atoms with Gasteiger partial charge >= 0.3 is 11.9 Å². The van der Waals surface area contributed by atoms with Gasteiger partial charge in [-0.2, -0.15) is 9.36 Å². The van der Waals surface area contributed by atoms with Gasteiger partial charge < -0.3 is 26.1 Å². The molecule has 212 valence electrons. The fourth-order valence-corrected chi connectivity index (χ4v) is 7.12. The number of carbonyl (C=O) groups excluding carboxylic acids is 2. The number of amides is 2. The number of aromatic nitrogens is 6. The van der Waals surface area contributed by atoms with Crippen molar-refractivity contribution in [3.8, 4) is 0 Å². The van der Waals surface area contributed by atoms with Gasteiger partial charge in [0.15, 0.2) is 5.13 Å². The molecule has 5 N–H and O–H groups in total. The number of carbonyl (C=O) groups is 4. The summed E-state index contributed by atoms with van der Waals surface area (Å²) in [7, 11) is 0. The van der Waals surface area contributed by atoms with E-state index in [1.807, 2.05) is 0 Å². The Morgan fingerprint density at radius 2 is 2.02 bits per heavy atom. The molecule has 3 aliphatic rings. The molecule has 1 saturated heterocycles. The Balaban J connectivity index is 1.29. The minimum Gasteiger partial charge on any atom is -0.480 e. The number of anilines is 1. The Labute approximate surface area is 237 Å². The van der Waals surface area contributed by atoms with Crippen LogP contribution < -0.4 is 11.1 Å². The van der Waals surface area contributed by atoms with E-state index in [9.17, 15) is 24.3 Å². The lowest BCUT2D eigenvalue weighted by Gasteiger charge is -2.49. The van der Waals surface area contributed by atoms with Crippen molar-refractivity contribution in [2.45, 2.75) is 54.9 Å². The van der Waals surface area contributed by atoms with Crippen LogP contribution in [0.2, 0.25) is 0 Å². The highest BCUT2D eigenvalue weighted by molar-refractivity contribution is 8.01. The van der Waals surface area contributed by atoms with Crippen molar-refractivity contribution in [2.24, 2.45) is 5.16 Å². The SMILES string of the molecule is Nc1nc(C(=NOC2CCCC2)C(=O)NC2C(=O)N3C(C(=O)O)=C(CSc4nnnn4CC(=O)O)CS[C@@H]23)ns1. The summed E-state index contributed by atoms with van der Waals surface area (Å²) in [5, 5.41) is 36.0. The molecule has 40 heavy (non-hydrogen) atoms. The number of nitrogens with zero attached hydrogens (tertiary/aromatic N) is 8. The first-order valence-corrected chi connectivity index (χ1v) is 14.7. The van der Waals surface area contributed by atoms with Gasteiger partial charge in [-0.3, -0.25) is 19.3 Å². The molecule has 0 spiro atoms. The van der Waals surface area contributed by atoms with Gasteiger partial charge in [-0.15, -0.1) is 16.9 Å². The van der Waals surface area contributed by atoms with Gasteiger partial charge in [0.05, 0.1) is 0 Å². The number of nitrogens with one attached hydrogen (secondary N) is 1. The molecule has 1 unspecified atom stereocenters. The van der Waals surface area contributed by atoms with Crippen LogP contribution >= 0.6 is 35.1 Å². The second kappa shape index (κ2) is 11.8. The topological polar surface area (TPSA) is 241 Å². The number of aliphatic carboxylic acids is 2. The van der Waals surface area contributed by atoms with Gasteiger partial charge in [-0.25, -0.2) is 9.48 Å². The minimum absolute atomic E-state index is 0.0337. The quantitative estimate of drug-likeness (QED) is 0.107. The maximum Gasteiger partial charge on any atom is 0.352 e. The van der Waals surface area contributed by atoms with E-state index in [4.69, 9.17) is 15.7 Å². The van der Waals surface area contributed by atoms with E-state index < -0.39 is 41.7 Å². The number of carboxylic acid groups (broad SMARTS) is 2. The fraction of sp³-hybridized carbons (Fsp3) is 0.500. The molecule has 1 aliphatic carbocycles. The van der Waals surface area contributed by atoms with E-state index in [1.54, 1.807) is 0 Å². The molecule has 2 amide bonds. The van der Waals surface area contributed by atoms with Crippen molar-refractivity contribution < 1.29 is 34.2 Å². The summed E-state index contributed by atoms with van der Waals surface area (Å²) in [6.45, 7) is -0.455. The number of hydrogen-bond donors (Lipinski definition) is 4. The van der Waals surface area contributed by atoms with Crippen LogP contribution in [0, 0.1) is 0 Å². The average molecular weight is 611 g/mol. The molecular formula is C20H22N10O7S3. The van der Waals surface area contributed by atoms with Gasteiger partial charge in [-0.1, -0.05) is 16.9 Å². The van der Waals surface area contributed by atoms with Crippen molar-refractivity contribution in [2.75, 3.05) is 17.2 Å².